The number of carbonyl (C=O) groups is 2. The summed E-state index contributed by atoms with van der Waals surface area (Å²) < 4.78 is 5.69. The summed E-state index contributed by atoms with van der Waals surface area (Å²) >= 11 is 1.17. The van der Waals surface area contributed by atoms with Crippen LogP contribution in [0.25, 0.3) is 17.4 Å². The molecule has 3 heterocycles. The van der Waals surface area contributed by atoms with Crippen LogP contribution in [0.3, 0.4) is 0 Å². The summed E-state index contributed by atoms with van der Waals surface area (Å²) in [5.41, 5.74) is 2.31. The number of furan rings is 1. The normalized spacial score (nSPS) is 17.6. The standard InChI is InChI=1S/C17H10N4O4S/c18-14-12(15(22)20-17-21(14)19-8-26-17)7-11-4-5-13(25-11)9-2-1-3-10(6-9)16(23)24/h1-8,18H,(H,23,24). The van der Waals surface area contributed by atoms with Crippen LogP contribution in [0.5, 0.6) is 0 Å². The predicted octanol–water partition coefficient (Wildman–Crippen LogP) is 2.89. The Kier molecular flexibility index (Phi) is 3.77. The van der Waals surface area contributed by atoms with Gasteiger partial charge in [0, 0.05) is 5.56 Å². The lowest BCUT2D eigenvalue weighted by Gasteiger charge is -2.19. The van der Waals surface area contributed by atoms with Crippen molar-refractivity contribution < 1.29 is 19.1 Å². The van der Waals surface area contributed by atoms with Crippen molar-refractivity contribution in [2.45, 2.75) is 0 Å². The quantitative estimate of drug-likeness (QED) is 0.806. The summed E-state index contributed by atoms with van der Waals surface area (Å²) in [5.74, 6) is -0.839. The fourth-order valence-electron chi connectivity index (χ4n) is 2.47. The third-order valence-corrected chi connectivity index (χ3v) is 4.38. The molecular formula is C17H10N4O4S. The number of nitrogens with zero attached hydrogens (tertiary/aromatic N) is 3. The van der Waals surface area contributed by atoms with Crippen LogP contribution in [-0.4, -0.2) is 38.5 Å². The first-order valence-electron chi connectivity index (χ1n) is 7.39. The molecule has 0 aliphatic carbocycles. The number of aromatic carboxylic acids is 1. The van der Waals surface area contributed by atoms with Crippen molar-refractivity contribution >= 4 is 46.3 Å². The number of thioether (sulfide) groups is 1. The van der Waals surface area contributed by atoms with Gasteiger partial charge < -0.3 is 9.52 Å². The number of hydrogen-bond acceptors (Lipinski definition) is 6. The zero-order chi connectivity index (χ0) is 18.3. The monoisotopic (exact) mass is 366 g/mol. The summed E-state index contributed by atoms with van der Waals surface area (Å²) in [6, 6.07) is 9.64. The fraction of sp³-hybridized carbons (Fsp3) is 0. The second kappa shape index (κ2) is 6.12. The van der Waals surface area contributed by atoms with Crippen LogP contribution in [0.4, 0.5) is 0 Å². The van der Waals surface area contributed by atoms with Crippen LogP contribution in [0, 0.1) is 5.41 Å². The van der Waals surface area contributed by atoms with E-state index in [9.17, 15) is 9.59 Å². The number of rotatable bonds is 3. The third-order valence-electron chi connectivity index (χ3n) is 3.70. The number of hydrogen-bond donors (Lipinski definition) is 2. The maximum Gasteiger partial charge on any atom is 0.335 e. The van der Waals surface area contributed by atoms with E-state index in [1.54, 1.807) is 24.3 Å². The van der Waals surface area contributed by atoms with Crippen molar-refractivity contribution in [1.82, 2.24) is 5.01 Å². The van der Waals surface area contributed by atoms with Gasteiger partial charge in [0.1, 0.15) is 11.5 Å². The number of nitrogens with one attached hydrogen (secondary N) is 1. The van der Waals surface area contributed by atoms with Crippen LogP contribution in [0.15, 0.2) is 56.5 Å². The van der Waals surface area contributed by atoms with E-state index in [2.05, 4.69) is 10.1 Å². The summed E-state index contributed by atoms with van der Waals surface area (Å²) in [6.07, 6.45) is 1.42. The maximum atomic E-state index is 12.1. The SMILES string of the molecule is N=C1C(=Cc2ccc(-c3cccc(C(=O)O)c3)o2)C(=O)N=C2SC=NN12. The highest BCUT2D eigenvalue weighted by molar-refractivity contribution is 8.25. The van der Waals surface area contributed by atoms with Gasteiger partial charge in [-0.2, -0.15) is 15.1 Å². The Labute approximate surface area is 151 Å². The minimum absolute atomic E-state index is 0.0635. The minimum atomic E-state index is -1.03. The molecule has 0 atom stereocenters. The highest BCUT2D eigenvalue weighted by Gasteiger charge is 2.32. The van der Waals surface area contributed by atoms with Crippen LogP contribution in [-0.2, 0) is 4.79 Å². The first kappa shape index (κ1) is 16.0. The minimum Gasteiger partial charge on any atom is -0.478 e. The van der Waals surface area contributed by atoms with Crippen LogP contribution < -0.4 is 0 Å². The molecule has 2 aliphatic heterocycles. The summed E-state index contributed by atoms with van der Waals surface area (Å²) in [5, 5.41) is 22.8. The smallest absolute Gasteiger partial charge is 0.335 e. The van der Waals surface area contributed by atoms with E-state index in [0.29, 0.717) is 22.3 Å². The zero-order valence-corrected chi connectivity index (χ0v) is 13.9. The molecule has 2 aliphatic rings. The van der Waals surface area contributed by atoms with Gasteiger partial charge in [-0.1, -0.05) is 12.1 Å². The Morgan fingerprint density at radius 3 is 2.96 bits per heavy atom. The number of carboxylic acids is 1. The molecule has 2 aromatic rings. The van der Waals surface area contributed by atoms with Gasteiger partial charge in [0.05, 0.1) is 16.7 Å². The first-order valence-corrected chi connectivity index (χ1v) is 8.27. The number of aliphatic imine (C=N–C) groups is 1. The van der Waals surface area contributed by atoms with Gasteiger partial charge in [-0.3, -0.25) is 10.2 Å². The van der Waals surface area contributed by atoms with E-state index in [1.165, 1.54) is 40.5 Å². The van der Waals surface area contributed by atoms with Crippen molar-refractivity contribution in [3.8, 4) is 11.3 Å². The van der Waals surface area contributed by atoms with Gasteiger partial charge in [-0.05, 0) is 42.1 Å². The third kappa shape index (κ3) is 2.74. The molecule has 0 bridgehead atoms. The predicted molar refractivity (Wildman–Crippen MR) is 97.2 cm³/mol. The van der Waals surface area contributed by atoms with E-state index in [1.807, 2.05) is 0 Å². The fourth-order valence-corrected chi connectivity index (χ4v) is 3.08. The van der Waals surface area contributed by atoms with Gasteiger partial charge in [-0.25, -0.2) is 4.79 Å². The molecule has 1 aromatic carbocycles. The molecule has 0 fully saturated rings. The van der Waals surface area contributed by atoms with Crippen molar-refractivity contribution in [3.63, 3.8) is 0 Å². The number of amides is 1. The number of fused-ring (bicyclic) bond motifs is 1. The molecule has 0 unspecified atom stereocenters. The average Bonchev–Trinajstić information content (AvgIpc) is 3.28. The summed E-state index contributed by atoms with van der Waals surface area (Å²) in [7, 11) is 0. The van der Waals surface area contributed by atoms with Gasteiger partial charge in [-0.15, -0.1) is 0 Å². The number of amidine groups is 2. The van der Waals surface area contributed by atoms with E-state index >= 15 is 0 Å². The van der Waals surface area contributed by atoms with Crippen LogP contribution in [0.1, 0.15) is 16.1 Å². The number of hydrazone groups is 1. The lowest BCUT2D eigenvalue weighted by molar-refractivity contribution is -0.114. The lowest BCUT2D eigenvalue weighted by Crippen LogP contribution is -2.35. The molecule has 2 N–H and O–H groups in total. The topological polar surface area (TPSA) is 119 Å². The Morgan fingerprint density at radius 2 is 2.15 bits per heavy atom. The first-order chi connectivity index (χ1) is 12.5. The lowest BCUT2D eigenvalue weighted by atomic mass is 10.1. The van der Waals surface area contributed by atoms with Gasteiger partial charge in [0.15, 0.2) is 11.0 Å². The molecule has 9 heteroatoms. The number of carbonyl (C=O) groups excluding carboxylic acids is 1. The van der Waals surface area contributed by atoms with Gasteiger partial charge >= 0.3 is 5.97 Å². The highest BCUT2D eigenvalue weighted by atomic mass is 32.2. The average molecular weight is 366 g/mol. The van der Waals surface area contributed by atoms with Crippen molar-refractivity contribution in [1.29, 1.82) is 5.41 Å². The molecule has 0 saturated heterocycles. The van der Waals surface area contributed by atoms with Crippen molar-refractivity contribution in [2.75, 3.05) is 0 Å². The van der Waals surface area contributed by atoms with E-state index < -0.39 is 11.9 Å². The second-order valence-electron chi connectivity index (χ2n) is 5.34. The molecule has 0 saturated carbocycles. The zero-order valence-electron chi connectivity index (χ0n) is 13.0. The molecule has 0 spiro atoms. The van der Waals surface area contributed by atoms with Crippen LogP contribution >= 0.6 is 11.8 Å². The Hall–Kier alpha value is -3.46. The maximum absolute atomic E-state index is 12.1. The molecule has 26 heavy (non-hydrogen) atoms. The Morgan fingerprint density at radius 1 is 1.31 bits per heavy atom. The Bertz CT molecular complexity index is 1050. The van der Waals surface area contributed by atoms with Gasteiger partial charge in [0.25, 0.3) is 5.91 Å². The van der Waals surface area contributed by atoms with Crippen molar-refractivity contribution in [3.05, 3.63) is 53.3 Å². The van der Waals surface area contributed by atoms with Crippen LogP contribution in [0.2, 0.25) is 0 Å². The largest absolute Gasteiger partial charge is 0.478 e. The molecule has 4 rings (SSSR count). The van der Waals surface area contributed by atoms with E-state index in [-0.39, 0.29) is 17.0 Å². The van der Waals surface area contributed by atoms with Gasteiger partial charge in [0.2, 0.25) is 0 Å². The van der Waals surface area contributed by atoms with E-state index in [0.717, 1.165) is 0 Å². The number of carboxylic acid groups (broad SMARTS) is 1. The molecule has 1 aromatic heterocycles. The van der Waals surface area contributed by atoms with E-state index in [4.69, 9.17) is 14.9 Å². The Balaban J connectivity index is 1.67. The molecule has 128 valence electrons. The summed E-state index contributed by atoms with van der Waals surface area (Å²) in [6.45, 7) is 0. The number of benzene rings is 1. The highest BCUT2D eigenvalue weighted by Crippen LogP contribution is 2.27. The molecular weight excluding hydrogens is 356 g/mol. The molecule has 8 nitrogen and oxygen atoms in total. The molecule has 0 radical (unpaired) electrons. The summed E-state index contributed by atoms with van der Waals surface area (Å²) in [4.78, 5) is 27.1. The van der Waals surface area contributed by atoms with Crippen molar-refractivity contribution in [2.24, 2.45) is 10.1 Å². The second-order valence-corrected chi connectivity index (χ2v) is 6.16. The molecule has 1 amide bonds.